The predicted molar refractivity (Wildman–Crippen MR) is 93.6 cm³/mol. The standard InChI is InChI=1S/C20H38O/c1-2-3-4-5-6-7-8-11-14-19-15-12-9-10-13-16-20(21)18-17-19/h14,20-21H,2-13,15-18H2,1H3. The molecule has 1 N–H and O–H groups in total. The molecule has 1 unspecified atom stereocenters. The zero-order chi connectivity index (χ0) is 15.2. The van der Waals surface area contributed by atoms with Gasteiger partial charge in [-0.15, -0.1) is 0 Å². The third-order valence-electron chi connectivity index (χ3n) is 4.82. The summed E-state index contributed by atoms with van der Waals surface area (Å²) in [4.78, 5) is 0. The summed E-state index contributed by atoms with van der Waals surface area (Å²) in [5.74, 6) is 0. The van der Waals surface area contributed by atoms with Gasteiger partial charge in [0.15, 0.2) is 0 Å². The van der Waals surface area contributed by atoms with Crippen LogP contribution in [-0.4, -0.2) is 11.2 Å². The van der Waals surface area contributed by atoms with Crippen LogP contribution < -0.4 is 0 Å². The quantitative estimate of drug-likeness (QED) is 0.397. The van der Waals surface area contributed by atoms with Crippen molar-refractivity contribution in [2.75, 3.05) is 0 Å². The minimum Gasteiger partial charge on any atom is -0.393 e. The van der Waals surface area contributed by atoms with Crippen LogP contribution in [0.4, 0.5) is 0 Å². The molecule has 0 heterocycles. The summed E-state index contributed by atoms with van der Waals surface area (Å²) >= 11 is 0. The van der Waals surface area contributed by atoms with Crippen molar-refractivity contribution >= 4 is 0 Å². The molecule has 0 radical (unpaired) electrons. The van der Waals surface area contributed by atoms with Gasteiger partial charge in [0, 0.05) is 0 Å². The van der Waals surface area contributed by atoms with E-state index in [0.29, 0.717) is 0 Å². The first-order valence-corrected chi connectivity index (χ1v) is 9.69. The first-order valence-electron chi connectivity index (χ1n) is 9.69. The molecule has 1 saturated carbocycles. The molecule has 1 aliphatic carbocycles. The molecule has 0 aromatic heterocycles. The Labute approximate surface area is 133 Å². The third-order valence-corrected chi connectivity index (χ3v) is 4.82. The fourth-order valence-corrected chi connectivity index (χ4v) is 3.32. The molecule has 0 amide bonds. The van der Waals surface area contributed by atoms with Gasteiger partial charge in [0.1, 0.15) is 0 Å². The molecule has 0 bridgehead atoms. The molecular weight excluding hydrogens is 256 g/mol. The molecule has 0 aromatic carbocycles. The average molecular weight is 295 g/mol. The molecule has 0 saturated heterocycles. The normalized spacial score (nSPS) is 23.3. The first kappa shape index (κ1) is 18.7. The molecule has 0 aliphatic heterocycles. The maximum absolute atomic E-state index is 9.93. The highest BCUT2D eigenvalue weighted by Crippen LogP contribution is 2.22. The SMILES string of the molecule is CCCCCCCCCC=C1CCCCCCC(O)CC1. The van der Waals surface area contributed by atoms with E-state index >= 15 is 0 Å². The molecular formula is C20H38O. The van der Waals surface area contributed by atoms with Crippen LogP contribution >= 0.6 is 0 Å². The van der Waals surface area contributed by atoms with E-state index in [0.717, 1.165) is 19.3 Å². The van der Waals surface area contributed by atoms with E-state index in [1.54, 1.807) is 5.57 Å². The Morgan fingerprint density at radius 1 is 0.857 bits per heavy atom. The van der Waals surface area contributed by atoms with E-state index in [2.05, 4.69) is 13.0 Å². The topological polar surface area (TPSA) is 20.2 Å². The van der Waals surface area contributed by atoms with Gasteiger partial charge in [-0.3, -0.25) is 0 Å². The van der Waals surface area contributed by atoms with Crippen molar-refractivity contribution in [1.82, 2.24) is 0 Å². The van der Waals surface area contributed by atoms with Crippen molar-refractivity contribution in [3.05, 3.63) is 11.6 Å². The highest BCUT2D eigenvalue weighted by Gasteiger charge is 2.08. The minimum absolute atomic E-state index is 0.0509. The van der Waals surface area contributed by atoms with Crippen molar-refractivity contribution in [3.63, 3.8) is 0 Å². The minimum atomic E-state index is -0.0509. The number of hydrogen-bond donors (Lipinski definition) is 1. The zero-order valence-electron chi connectivity index (χ0n) is 14.4. The molecule has 1 fully saturated rings. The number of hydrogen-bond acceptors (Lipinski definition) is 1. The highest BCUT2D eigenvalue weighted by atomic mass is 16.3. The zero-order valence-corrected chi connectivity index (χ0v) is 14.4. The largest absolute Gasteiger partial charge is 0.393 e. The summed E-state index contributed by atoms with van der Waals surface area (Å²) in [5, 5.41) is 9.93. The summed E-state index contributed by atoms with van der Waals surface area (Å²) < 4.78 is 0. The number of aliphatic hydroxyl groups excluding tert-OH is 1. The maximum Gasteiger partial charge on any atom is 0.0543 e. The van der Waals surface area contributed by atoms with E-state index in [-0.39, 0.29) is 6.10 Å². The van der Waals surface area contributed by atoms with Gasteiger partial charge in [0.25, 0.3) is 0 Å². The Hall–Kier alpha value is -0.300. The lowest BCUT2D eigenvalue weighted by Crippen LogP contribution is -2.07. The molecule has 0 spiro atoms. The fourth-order valence-electron chi connectivity index (χ4n) is 3.32. The second kappa shape index (κ2) is 13.4. The van der Waals surface area contributed by atoms with Crippen molar-refractivity contribution in [2.24, 2.45) is 0 Å². The van der Waals surface area contributed by atoms with E-state index in [9.17, 15) is 5.11 Å². The molecule has 1 rings (SSSR count). The van der Waals surface area contributed by atoms with Crippen molar-refractivity contribution in [1.29, 1.82) is 0 Å². The van der Waals surface area contributed by atoms with Gasteiger partial charge >= 0.3 is 0 Å². The molecule has 21 heavy (non-hydrogen) atoms. The molecule has 0 aromatic rings. The van der Waals surface area contributed by atoms with Gasteiger partial charge in [-0.2, -0.15) is 0 Å². The lowest BCUT2D eigenvalue weighted by Gasteiger charge is -2.15. The van der Waals surface area contributed by atoms with E-state index in [1.807, 2.05) is 0 Å². The third kappa shape index (κ3) is 11.0. The van der Waals surface area contributed by atoms with Crippen LogP contribution in [0, 0.1) is 0 Å². The number of aliphatic hydroxyl groups is 1. The second-order valence-corrected chi connectivity index (χ2v) is 6.92. The van der Waals surface area contributed by atoms with Crippen molar-refractivity contribution < 1.29 is 5.11 Å². The predicted octanol–water partition coefficient (Wildman–Crippen LogP) is 6.55. The van der Waals surface area contributed by atoms with Crippen LogP contribution in [0.3, 0.4) is 0 Å². The first-order chi connectivity index (χ1) is 10.3. The summed E-state index contributed by atoms with van der Waals surface area (Å²) in [6, 6.07) is 0. The Balaban J connectivity index is 2.13. The van der Waals surface area contributed by atoms with Crippen LogP contribution in [0.5, 0.6) is 0 Å². The van der Waals surface area contributed by atoms with Crippen LogP contribution in [0.1, 0.15) is 110 Å². The Bertz CT molecular complexity index is 257. The number of unbranched alkanes of at least 4 members (excludes halogenated alkanes) is 7. The van der Waals surface area contributed by atoms with Gasteiger partial charge in [-0.05, 0) is 44.9 Å². The molecule has 1 heteroatoms. The number of allylic oxidation sites excluding steroid dienone is 2. The van der Waals surface area contributed by atoms with E-state index in [1.165, 1.54) is 83.5 Å². The van der Waals surface area contributed by atoms with Crippen LogP contribution in [0.25, 0.3) is 0 Å². The Morgan fingerprint density at radius 3 is 2.38 bits per heavy atom. The molecule has 1 atom stereocenters. The lowest BCUT2D eigenvalue weighted by molar-refractivity contribution is 0.149. The lowest BCUT2D eigenvalue weighted by atomic mass is 9.94. The van der Waals surface area contributed by atoms with Gasteiger partial charge in [0.05, 0.1) is 6.10 Å². The highest BCUT2D eigenvalue weighted by molar-refractivity contribution is 5.02. The molecule has 1 aliphatic rings. The summed E-state index contributed by atoms with van der Waals surface area (Å²) in [7, 11) is 0. The Morgan fingerprint density at radius 2 is 1.57 bits per heavy atom. The fraction of sp³-hybridized carbons (Fsp3) is 0.900. The van der Waals surface area contributed by atoms with Crippen LogP contribution in [0.2, 0.25) is 0 Å². The van der Waals surface area contributed by atoms with Crippen LogP contribution in [0.15, 0.2) is 11.6 Å². The Kier molecular flexibility index (Phi) is 11.9. The van der Waals surface area contributed by atoms with Crippen molar-refractivity contribution in [2.45, 2.75) is 116 Å². The van der Waals surface area contributed by atoms with Gasteiger partial charge in [0.2, 0.25) is 0 Å². The summed E-state index contributed by atoms with van der Waals surface area (Å²) in [6.07, 6.45) is 23.2. The maximum atomic E-state index is 9.93. The van der Waals surface area contributed by atoms with Gasteiger partial charge in [-0.1, -0.05) is 76.4 Å². The van der Waals surface area contributed by atoms with Gasteiger partial charge in [-0.25, -0.2) is 0 Å². The molecule has 1 nitrogen and oxygen atoms in total. The smallest absolute Gasteiger partial charge is 0.0543 e. The summed E-state index contributed by atoms with van der Waals surface area (Å²) in [6.45, 7) is 2.28. The molecule has 124 valence electrons. The average Bonchev–Trinajstić information content (AvgIpc) is 2.50. The van der Waals surface area contributed by atoms with Crippen LogP contribution in [-0.2, 0) is 0 Å². The van der Waals surface area contributed by atoms with E-state index in [4.69, 9.17) is 0 Å². The number of rotatable bonds is 8. The van der Waals surface area contributed by atoms with Crippen molar-refractivity contribution in [3.8, 4) is 0 Å². The summed E-state index contributed by atoms with van der Waals surface area (Å²) in [5.41, 5.74) is 1.63. The monoisotopic (exact) mass is 294 g/mol. The van der Waals surface area contributed by atoms with E-state index < -0.39 is 0 Å². The second-order valence-electron chi connectivity index (χ2n) is 6.92. The van der Waals surface area contributed by atoms with Gasteiger partial charge < -0.3 is 5.11 Å².